The zero-order chi connectivity index (χ0) is 15.3. The van der Waals surface area contributed by atoms with E-state index in [1.165, 1.54) is 17.7 Å². The minimum absolute atomic E-state index is 0.183. The number of hydrogen-bond donors (Lipinski definition) is 1. The third-order valence-electron chi connectivity index (χ3n) is 4.29. The summed E-state index contributed by atoms with van der Waals surface area (Å²) in [6, 6.07) is 12.8. The van der Waals surface area contributed by atoms with Gasteiger partial charge < -0.3 is 10.2 Å². The highest BCUT2D eigenvalue weighted by Gasteiger charge is 2.29. The quantitative estimate of drug-likeness (QED) is 0.815. The van der Waals surface area contributed by atoms with Gasteiger partial charge in [-0.1, -0.05) is 18.2 Å². The lowest BCUT2D eigenvalue weighted by Crippen LogP contribution is -2.24. The molecule has 1 atom stereocenters. The van der Waals surface area contributed by atoms with Gasteiger partial charge in [-0.05, 0) is 43.2 Å². The molecule has 110 valence electrons. The zero-order valence-corrected chi connectivity index (χ0v) is 12.1. The second-order valence-electron chi connectivity index (χ2n) is 5.78. The number of para-hydroxylation sites is 1. The van der Waals surface area contributed by atoms with Crippen LogP contribution in [0.25, 0.3) is 5.57 Å². The minimum atomic E-state index is -0.337. The van der Waals surface area contributed by atoms with Gasteiger partial charge >= 0.3 is 0 Å². The van der Waals surface area contributed by atoms with Gasteiger partial charge in [0.2, 0.25) is 0 Å². The highest BCUT2D eigenvalue weighted by molar-refractivity contribution is 6.31. The molecule has 22 heavy (non-hydrogen) atoms. The van der Waals surface area contributed by atoms with E-state index in [-0.39, 0.29) is 17.8 Å². The molecule has 0 spiro atoms. The van der Waals surface area contributed by atoms with E-state index in [2.05, 4.69) is 29.3 Å². The van der Waals surface area contributed by atoms with Gasteiger partial charge in [-0.3, -0.25) is 4.79 Å². The monoisotopic (exact) mass is 294 g/mol. The Labute approximate surface area is 128 Å². The van der Waals surface area contributed by atoms with E-state index in [0.29, 0.717) is 16.8 Å². The zero-order valence-electron chi connectivity index (χ0n) is 12.1. The van der Waals surface area contributed by atoms with Crippen molar-refractivity contribution < 1.29 is 9.18 Å². The Morgan fingerprint density at radius 3 is 2.95 bits per heavy atom. The molecule has 0 aromatic heterocycles. The number of amides is 1. The molecular weight excluding hydrogens is 279 g/mol. The summed E-state index contributed by atoms with van der Waals surface area (Å²) in [5.74, 6) is -0.520. The summed E-state index contributed by atoms with van der Waals surface area (Å²) in [5, 5.41) is 2.79. The average Bonchev–Trinajstić information content (AvgIpc) is 2.98. The second kappa shape index (κ2) is 4.70. The van der Waals surface area contributed by atoms with Crippen LogP contribution in [-0.2, 0) is 11.2 Å². The van der Waals surface area contributed by atoms with E-state index in [0.717, 1.165) is 12.1 Å². The fourth-order valence-corrected chi connectivity index (χ4v) is 3.21. The summed E-state index contributed by atoms with van der Waals surface area (Å²) in [5.41, 5.74) is 4.18. The molecule has 1 unspecified atom stereocenters. The lowest BCUT2D eigenvalue weighted by Gasteiger charge is -2.21. The topological polar surface area (TPSA) is 32.3 Å². The second-order valence-corrected chi connectivity index (χ2v) is 5.78. The molecule has 3 nitrogen and oxygen atoms in total. The Morgan fingerprint density at radius 2 is 2.09 bits per heavy atom. The third kappa shape index (κ3) is 1.91. The summed E-state index contributed by atoms with van der Waals surface area (Å²) in [6.45, 7) is 2.12. The first-order valence-corrected chi connectivity index (χ1v) is 7.33. The molecule has 2 heterocycles. The van der Waals surface area contributed by atoms with Crippen LogP contribution in [0.1, 0.15) is 18.1 Å². The number of halogens is 1. The van der Waals surface area contributed by atoms with Crippen LogP contribution in [0.15, 0.2) is 48.7 Å². The SMILES string of the molecule is CC1Cc2ccccc2N1/C=C1/C(=O)Nc2ccc(F)cc21. The third-order valence-corrected chi connectivity index (χ3v) is 4.29. The first kappa shape index (κ1) is 13.1. The van der Waals surface area contributed by atoms with Crippen molar-refractivity contribution in [2.45, 2.75) is 19.4 Å². The van der Waals surface area contributed by atoms with Crippen molar-refractivity contribution in [3.05, 3.63) is 65.6 Å². The Kier molecular flexibility index (Phi) is 2.79. The van der Waals surface area contributed by atoms with Crippen molar-refractivity contribution in [3.8, 4) is 0 Å². The summed E-state index contributed by atoms with van der Waals surface area (Å²) in [6.07, 6.45) is 2.79. The number of rotatable bonds is 1. The smallest absolute Gasteiger partial charge is 0.257 e. The molecule has 2 aliphatic heterocycles. The Bertz CT molecular complexity index is 812. The van der Waals surface area contributed by atoms with Gasteiger partial charge in [-0.2, -0.15) is 0 Å². The molecule has 0 saturated carbocycles. The van der Waals surface area contributed by atoms with Crippen LogP contribution in [0.4, 0.5) is 15.8 Å². The number of nitrogens with one attached hydrogen (secondary N) is 1. The predicted molar refractivity (Wildman–Crippen MR) is 85.1 cm³/mol. The number of carbonyl (C=O) groups excluding carboxylic acids is 1. The van der Waals surface area contributed by atoms with Crippen molar-refractivity contribution in [3.63, 3.8) is 0 Å². The highest BCUT2D eigenvalue weighted by Crippen LogP contribution is 2.37. The molecule has 4 heteroatoms. The van der Waals surface area contributed by atoms with E-state index < -0.39 is 0 Å². The van der Waals surface area contributed by atoms with Gasteiger partial charge in [0.15, 0.2) is 0 Å². The molecule has 0 saturated heterocycles. The largest absolute Gasteiger partial charge is 0.344 e. The highest BCUT2D eigenvalue weighted by atomic mass is 19.1. The van der Waals surface area contributed by atoms with Gasteiger partial charge in [0.1, 0.15) is 5.82 Å². The molecule has 4 rings (SSSR count). The van der Waals surface area contributed by atoms with Crippen LogP contribution in [0.2, 0.25) is 0 Å². The Balaban J connectivity index is 1.81. The van der Waals surface area contributed by atoms with Gasteiger partial charge in [0, 0.05) is 29.2 Å². The normalized spacial score (nSPS) is 21.0. The number of nitrogens with zero attached hydrogens (tertiary/aromatic N) is 1. The van der Waals surface area contributed by atoms with E-state index >= 15 is 0 Å². The Hall–Kier alpha value is -2.62. The maximum atomic E-state index is 13.5. The van der Waals surface area contributed by atoms with Crippen LogP contribution in [0.5, 0.6) is 0 Å². The molecule has 2 aromatic rings. The van der Waals surface area contributed by atoms with Gasteiger partial charge in [0.05, 0.1) is 5.57 Å². The fourth-order valence-electron chi connectivity index (χ4n) is 3.21. The fraction of sp³-hybridized carbons (Fsp3) is 0.167. The first-order valence-electron chi connectivity index (χ1n) is 7.33. The van der Waals surface area contributed by atoms with Crippen LogP contribution in [0, 0.1) is 5.82 Å². The lowest BCUT2D eigenvalue weighted by atomic mass is 10.1. The summed E-state index contributed by atoms with van der Waals surface area (Å²) >= 11 is 0. The van der Waals surface area contributed by atoms with Crippen molar-refractivity contribution in [1.82, 2.24) is 0 Å². The van der Waals surface area contributed by atoms with E-state index in [1.807, 2.05) is 18.3 Å². The standard InChI is InChI=1S/C18H15FN2O/c1-11-8-12-4-2-3-5-17(12)21(11)10-15-14-9-13(19)6-7-16(14)20-18(15)22/h2-7,9-11H,8H2,1H3,(H,20,22)/b15-10+. The van der Waals surface area contributed by atoms with Crippen LogP contribution < -0.4 is 10.2 Å². The molecule has 1 N–H and O–H groups in total. The maximum Gasteiger partial charge on any atom is 0.257 e. The van der Waals surface area contributed by atoms with Crippen molar-refractivity contribution in [2.24, 2.45) is 0 Å². The molecule has 0 radical (unpaired) electrons. The summed E-state index contributed by atoms with van der Waals surface area (Å²) in [4.78, 5) is 14.3. The molecule has 0 bridgehead atoms. The van der Waals surface area contributed by atoms with Crippen LogP contribution >= 0.6 is 0 Å². The van der Waals surface area contributed by atoms with Crippen molar-refractivity contribution >= 4 is 22.9 Å². The molecule has 2 aromatic carbocycles. The van der Waals surface area contributed by atoms with Gasteiger partial charge in [-0.25, -0.2) is 4.39 Å². The van der Waals surface area contributed by atoms with Crippen LogP contribution in [-0.4, -0.2) is 11.9 Å². The molecule has 0 fully saturated rings. The maximum absolute atomic E-state index is 13.5. The summed E-state index contributed by atoms with van der Waals surface area (Å²) in [7, 11) is 0. The molecule has 2 aliphatic rings. The molecule has 0 aliphatic carbocycles. The number of fused-ring (bicyclic) bond motifs is 2. The first-order chi connectivity index (χ1) is 10.6. The number of carbonyl (C=O) groups is 1. The van der Waals surface area contributed by atoms with E-state index in [1.54, 1.807) is 6.07 Å². The number of anilines is 2. The number of benzene rings is 2. The number of hydrogen-bond acceptors (Lipinski definition) is 2. The Morgan fingerprint density at radius 1 is 1.27 bits per heavy atom. The molecule has 1 amide bonds. The van der Waals surface area contributed by atoms with E-state index in [9.17, 15) is 9.18 Å². The minimum Gasteiger partial charge on any atom is -0.344 e. The van der Waals surface area contributed by atoms with E-state index in [4.69, 9.17) is 0 Å². The van der Waals surface area contributed by atoms with Crippen molar-refractivity contribution in [1.29, 1.82) is 0 Å². The average molecular weight is 294 g/mol. The molecular formula is C18H15FN2O. The summed E-state index contributed by atoms with van der Waals surface area (Å²) < 4.78 is 13.5. The van der Waals surface area contributed by atoms with Gasteiger partial charge in [0.25, 0.3) is 5.91 Å². The lowest BCUT2D eigenvalue weighted by molar-refractivity contribution is -0.110. The van der Waals surface area contributed by atoms with Gasteiger partial charge in [-0.15, -0.1) is 0 Å². The predicted octanol–water partition coefficient (Wildman–Crippen LogP) is 3.57. The van der Waals surface area contributed by atoms with Crippen LogP contribution in [0.3, 0.4) is 0 Å². The van der Waals surface area contributed by atoms with Crippen molar-refractivity contribution in [2.75, 3.05) is 10.2 Å².